The molecule has 0 amide bonds. The van der Waals surface area contributed by atoms with Crippen LogP contribution >= 0.6 is 0 Å². The molecule has 0 spiro atoms. The van der Waals surface area contributed by atoms with Crippen LogP contribution < -0.4 is 5.32 Å². The van der Waals surface area contributed by atoms with Crippen LogP contribution in [0.3, 0.4) is 0 Å². The Labute approximate surface area is 105 Å². The molecule has 4 heteroatoms. The molecule has 1 heterocycles. The summed E-state index contributed by atoms with van der Waals surface area (Å²) in [7, 11) is 0. The highest BCUT2D eigenvalue weighted by atomic mass is 19.1. The first-order valence-electron chi connectivity index (χ1n) is 5.82. The van der Waals surface area contributed by atoms with Crippen LogP contribution in [0.1, 0.15) is 5.56 Å². The molecule has 94 valence electrons. The first-order chi connectivity index (χ1) is 8.74. The average molecular weight is 246 g/mol. The fourth-order valence-corrected chi connectivity index (χ4v) is 1.69. The predicted molar refractivity (Wildman–Crippen MR) is 68.8 cm³/mol. The molecule has 1 aromatic heterocycles. The lowest BCUT2D eigenvalue weighted by atomic mass is 10.1. The van der Waals surface area contributed by atoms with Gasteiger partial charge in [-0.05, 0) is 17.7 Å². The van der Waals surface area contributed by atoms with E-state index in [1.807, 2.05) is 30.3 Å². The first kappa shape index (κ1) is 12.5. The van der Waals surface area contributed by atoms with Gasteiger partial charge < -0.3 is 10.4 Å². The standard InChI is InChI=1S/C14H15FN2O/c15-13-7-4-8-14(17-13)16-10-12(18)9-11-5-2-1-3-6-11/h1-8,12,18H,9-10H2,(H,16,17). The summed E-state index contributed by atoms with van der Waals surface area (Å²) >= 11 is 0. The lowest BCUT2D eigenvalue weighted by molar-refractivity contribution is 0.188. The van der Waals surface area contributed by atoms with Crippen LogP contribution in [0.5, 0.6) is 0 Å². The van der Waals surface area contributed by atoms with Gasteiger partial charge in [0.15, 0.2) is 0 Å². The number of rotatable bonds is 5. The third-order valence-electron chi connectivity index (χ3n) is 2.55. The Hall–Kier alpha value is -1.94. The molecule has 1 atom stereocenters. The molecule has 0 aliphatic carbocycles. The van der Waals surface area contributed by atoms with E-state index in [0.29, 0.717) is 18.8 Å². The maximum Gasteiger partial charge on any atom is 0.214 e. The third-order valence-corrected chi connectivity index (χ3v) is 2.55. The van der Waals surface area contributed by atoms with Gasteiger partial charge >= 0.3 is 0 Å². The van der Waals surface area contributed by atoms with E-state index >= 15 is 0 Å². The Morgan fingerprint density at radius 2 is 1.89 bits per heavy atom. The van der Waals surface area contributed by atoms with E-state index in [0.717, 1.165) is 5.56 Å². The minimum atomic E-state index is -0.530. The molecule has 0 radical (unpaired) electrons. The summed E-state index contributed by atoms with van der Waals surface area (Å²) in [5, 5.41) is 12.8. The van der Waals surface area contributed by atoms with Crippen molar-refractivity contribution in [1.82, 2.24) is 4.98 Å². The molecular formula is C14H15FN2O. The molecule has 1 aromatic carbocycles. The Morgan fingerprint density at radius 1 is 1.11 bits per heavy atom. The quantitative estimate of drug-likeness (QED) is 0.795. The van der Waals surface area contributed by atoms with Crippen LogP contribution in [0.25, 0.3) is 0 Å². The number of aliphatic hydroxyl groups excluding tert-OH is 1. The van der Waals surface area contributed by atoms with Gasteiger partial charge in [-0.1, -0.05) is 36.4 Å². The highest BCUT2D eigenvalue weighted by Gasteiger charge is 2.05. The zero-order valence-corrected chi connectivity index (χ0v) is 9.88. The summed E-state index contributed by atoms with van der Waals surface area (Å²) in [5.74, 6) is -0.0975. The van der Waals surface area contributed by atoms with Gasteiger partial charge in [-0.2, -0.15) is 4.39 Å². The van der Waals surface area contributed by atoms with Gasteiger partial charge in [-0.25, -0.2) is 4.98 Å². The van der Waals surface area contributed by atoms with E-state index in [-0.39, 0.29) is 0 Å². The van der Waals surface area contributed by atoms with Crippen molar-refractivity contribution in [3.8, 4) is 0 Å². The molecule has 0 bridgehead atoms. The Bertz CT molecular complexity index is 490. The van der Waals surface area contributed by atoms with Crippen LogP contribution in [0.2, 0.25) is 0 Å². The number of pyridine rings is 1. The number of anilines is 1. The smallest absolute Gasteiger partial charge is 0.214 e. The van der Waals surface area contributed by atoms with Crippen molar-refractivity contribution in [3.05, 3.63) is 60.0 Å². The lowest BCUT2D eigenvalue weighted by Crippen LogP contribution is -2.22. The number of benzene rings is 1. The van der Waals surface area contributed by atoms with Gasteiger partial charge in [0.05, 0.1) is 6.10 Å². The summed E-state index contributed by atoms with van der Waals surface area (Å²) < 4.78 is 12.8. The van der Waals surface area contributed by atoms with Crippen molar-refractivity contribution in [3.63, 3.8) is 0 Å². The van der Waals surface area contributed by atoms with Crippen LogP contribution in [-0.4, -0.2) is 22.7 Å². The van der Waals surface area contributed by atoms with Gasteiger partial charge in [0, 0.05) is 13.0 Å². The molecule has 2 N–H and O–H groups in total. The molecule has 0 aliphatic heterocycles. The monoisotopic (exact) mass is 246 g/mol. The van der Waals surface area contributed by atoms with Crippen molar-refractivity contribution >= 4 is 5.82 Å². The van der Waals surface area contributed by atoms with Gasteiger partial charge in [-0.15, -0.1) is 0 Å². The number of nitrogens with one attached hydrogen (secondary N) is 1. The molecular weight excluding hydrogens is 231 g/mol. The van der Waals surface area contributed by atoms with Crippen LogP contribution in [0.4, 0.5) is 10.2 Å². The van der Waals surface area contributed by atoms with Crippen LogP contribution in [0, 0.1) is 5.95 Å². The third kappa shape index (κ3) is 3.82. The maximum absolute atomic E-state index is 12.8. The summed E-state index contributed by atoms with van der Waals surface area (Å²) in [6.45, 7) is 0.339. The molecule has 18 heavy (non-hydrogen) atoms. The summed E-state index contributed by atoms with van der Waals surface area (Å²) in [6, 6.07) is 14.3. The van der Waals surface area contributed by atoms with Crippen molar-refractivity contribution in [1.29, 1.82) is 0 Å². The summed E-state index contributed by atoms with van der Waals surface area (Å²) in [6.07, 6.45) is 0.0286. The zero-order valence-electron chi connectivity index (χ0n) is 9.88. The van der Waals surface area contributed by atoms with E-state index in [1.54, 1.807) is 12.1 Å². The lowest BCUT2D eigenvalue weighted by Gasteiger charge is -2.12. The normalized spacial score (nSPS) is 12.1. The second kappa shape index (κ2) is 6.12. The van der Waals surface area contributed by atoms with Crippen molar-refractivity contribution < 1.29 is 9.50 Å². The van der Waals surface area contributed by atoms with E-state index in [9.17, 15) is 9.50 Å². The first-order valence-corrected chi connectivity index (χ1v) is 5.82. The topological polar surface area (TPSA) is 45.1 Å². The second-order valence-corrected chi connectivity index (χ2v) is 4.07. The van der Waals surface area contributed by atoms with Crippen molar-refractivity contribution in [2.45, 2.75) is 12.5 Å². The molecule has 0 aliphatic rings. The molecule has 0 saturated heterocycles. The van der Waals surface area contributed by atoms with Crippen LogP contribution in [-0.2, 0) is 6.42 Å². The number of halogens is 1. The molecule has 1 unspecified atom stereocenters. The number of hydrogen-bond donors (Lipinski definition) is 2. The second-order valence-electron chi connectivity index (χ2n) is 4.07. The predicted octanol–water partition coefficient (Wildman–Crippen LogP) is 2.24. The Balaban J connectivity index is 1.83. The Morgan fingerprint density at radius 3 is 2.61 bits per heavy atom. The fourth-order valence-electron chi connectivity index (χ4n) is 1.69. The van der Waals surface area contributed by atoms with Gasteiger partial charge in [0.25, 0.3) is 0 Å². The largest absolute Gasteiger partial charge is 0.391 e. The minimum absolute atomic E-state index is 0.339. The van der Waals surface area contributed by atoms with Gasteiger partial charge in [0.2, 0.25) is 5.95 Å². The van der Waals surface area contributed by atoms with E-state index in [2.05, 4.69) is 10.3 Å². The fraction of sp³-hybridized carbons (Fsp3) is 0.214. The highest BCUT2D eigenvalue weighted by molar-refractivity contribution is 5.33. The van der Waals surface area contributed by atoms with E-state index in [1.165, 1.54) is 6.07 Å². The number of nitrogens with zero attached hydrogens (tertiary/aromatic N) is 1. The highest BCUT2D eigenvalue weighted by Crippen LogP contribution is 2.06. The van der Waals surface area contributed by atoms with Gasteiger partial charge in [0.1, 0.15) is 5.82 Å². The zero-order chi connectivity index (χ0) is 12.8. The summed E-state index contributed by atoms with van der Waals surface area (Å²) in [4.78, 5) is 3.66. The molecule has 0 fully saturated rings. The molecule has 2 aromatic rings. The minimum Gasteiger partial charge on any atom is -0.391 e. The van der Waals surface area contributed by atoms with Crippen molar-refractivity contribution in [2.24, 2.45) is 0 Å². The molecule has 3 nitrogen and oxygen atoms in total. The maximum atomic E-state index is 12.8. The SMILES string of the molecule is OC(CNc1cccc(F)n1)Cc1ccccc1. The van der Waals surface area contributed by atoms with Gasteiger partial charge in [-0.3, -0.25) is 0 Å². The molecule has 2 rings (SSSR count). The van der Waals surface area contributed by atoms with Crippen molar-refractivity contribution in [2.75, 3.05) is 11.9 Å². The summed E-state index contributed by atoms with van der Waals surface area (Å²) in [5.41, 5.74) is 1.07. The Kier molecular flexibility index (Phi) is 4.25. The van der Waals surface area contributed by atoms with E-state index < -0.39 is 12.1 Å². The molecule has 0 saturated carbocycles. The van der Waals surface area contributed by atoms with Crippen LogP contribution in [0.15, 0.2) is 48.5 Å². The number of hydrogen-bond acceptors (Lipinski definition) is 3. The number of aliphatic hydroxyl groups is 1. The number of aromatic nitrogens is 1. The van der Waals surface area contributed by atoms with E-state index in [4.69, 9.17) is 0 Å². The average Bonchev–Trinajstić information content (AvgIpc) is 2.38.